The zero-order valence-electron chi connectivity index (χ0n) is 11.9. The molecular weight excluding hydrogens is 274 g/mol. The first-order valence-corrected chi connectivity index (χ1v) is 6.80. The third kappa shape index (κ3) is 3.46. The molecule has 1 N–H and O–H groups in total. The fourth-order valence-electron chi connectivity index (χ4n) is 1.89. The summed E-state index contributed by atoms with van der Waals surface area (Å²) in [6.07, 6.45) is 0. The first kappa shape index (κ1) is 14.8. The van der Waals surface area contributed by atoms with Crippen LogP contribution in [-0.4, -0.2) is 17.1 Å². The topological polar surface area (TPSA) is 47.0 Å². The Hall–Kier alpha value is -1.65. The van der Waals surface area contributed by atoms with E-state index in [9.17, 15) is 0 Å². The summed E-state index contributed by atoms with van der Waals surface area (Å²) in [7, 11) is 1.69. The largest absolute Gasteiger partial charge is 0.380 e. The van der Waals surface area contributed by atoms with Crippen LogP contribution in [0.4, 0.5) is 5.82 Å². The van der Waals surface area contributed by atoms with Crippen LogP contribution in [0.15, 0.2) is 24.3 Å². The Bertz CT molecular complexity index is 602. The number of hydrogen-bond donors (Lipinski definition) is 1. The Morgan fingerprint density at radius 1 is 1.10 bits per heavy atom. The molecule has 0 spiro atoms. The van der Waals surface area contributed by atoms with Gasteiger partial charge in [0.25, 0.3) is 0 Å². The molecule has 0 aliphatic heterocycles. The Kier molecular flexibility index (Phi) is 4.93. The molecule has 0 radical (unpaired) electrons. The summed E-state index contributed by atoms with van der Waals surface area (Å²) in [6, 6.07) is 8.11. The first-order valence-electron chi connectivity index (χ1n) is 6.42. The van der Waals surface area contributed by atoms with E-state index in [1.807, 2.05) is 32.0 Å². The van der Waals surface area contributed by atoms with E-state index in [4.69, 9.17) is 16.3 Å². The summed E-state index contributed by atoms with van der Waals surface area (Å²) in [5, 5.41) is 3.64. The van der Waals surface area contributed by atoms with E-state index in [1.54, 1.807) is 7.11 Å². The van der Waals surface area contributed by atoms with Crippen molar-refractivity contribution in [1.82, 2.24) is 9.97 Å². The van der Waals surface area contributed by atoms with E-state index >= 15 is 0 Å². The van der Waals surface area contributed by atoms with Crippen LogP contribution in [0.25, 0.3) is 0 Å². The Labute approximate surface area is 124 Å². The van der Waals surface area contributed by atoms with Gasteiger partial charge in [-0.15, -0.1) is 0 Å². The second-order valence-electron chi connectivity index (χ2n) is 4.59. The number of nitrogens with zero attached hydrogens (tertiary/aromatic N) is 2. The number of nitrogens with one attached hydrogen (secondary N) is 1. The molecule has 0 saturated carbocycles. The van der Waals surface area contributed by atoms with Crippen LogP contribution in [0.1, 0.15) is 22.5 Å². The van der Waals surface area contributed by atoms with Crippen molar-refractivity contribution in [2.45, 2.75) is 27.0 Å². The average Bonchev–Trinajstić information content (AvgIpc) is 2.43. The molecule has 0 bridgehead atoms. The average molecular weight is 292 g/mol. The van der Waals surface area contributed by atoms with Gasteiger partial charge in [0.15, 0.2) is 11.0 Å². The number of methoxy groups -OCH3 is 1. The van der Waals surface area contributed by atoms with Crippen molar-refractivity contribution in [3.63, 3.8) is 0 Å². The highest BCUT2D eigenvalue weighted by molar-refractivity contribution is 6.31. The highest BCUT2D eigenvalue weighted by Crippen LogP contribution is 2.20. The lowest BCUT2D eigenvalue weighted by Crippen LogP contribution is -2.07. The summed E-state index contributed by atoms with van der Waals surface area (Å²) >= 11 is 6.11. The smallest absolute Gasteiger partial charge is 0.171 e. The van der Waals surface area contributed by atoms with Gasteiger partial charge in [-0.2, -0.15) is 0 Å². The SMILES string of the molecule is COCc1ccccc1CNc1nc(C)c(C)nc1Cl. The number of anilines is 1. The first-order chi connectivity index (χ1) is 9.61. The zero-order chi connectivity index (χ0) is 14.5. The van der Waals surface area contributed by atoms with E-state index < -0.39 is 0 Å². The molecule has 0 unspecified atom stereocenters. The number of rotatable bonds is 5. The van der Waals surface area contributed by atoms with E-state index in [2.05, 4.69) is 21.4 Å². The van der Waals surface area contributed by atoms with Crippen LogP contribution in [0.2, 0.25) is 5.15 Å². The molecule has 0 saturated heterocycles. The predicted molar refractivity (Wildman–Crippen MR) is 81.0 cm³/mol. The lowest BCUT2D eigenvalue weighted by molar-refractivity contribution is 0.184. The highest BCUT2D eigenvalue weighted by atomic mass is 35.5. The third-order valence-electron chi connectivity index (χ3n) is 3.13. The molecule has 0 atom stereocenters. The van der Waals surface area contributed by atoms with Crippen LogP contribution in [0.3, 0.4) is 0 Å². The number of benzene rings is 1. The minimum atomic E-state index is 0.400. The van der Waals surface area contributed by atoms with Gasteiger partial charge in [-0.25, -0.2) is 9.97 Å². The molecule has 0 amide bonds. The predicted octanol–water partition coefficient (Wildman–Crippen LogP) is 3.51. The third-order valence-corrected chi connectivity index (χ3v) is 3.39. The fraction of sp³-hybridized carbons (Fsp3) is 0.333. The van der Waals surface area contributed by atoms with E-state index in [0.29, 0.717) is 24.1 Å². The molecule has 0 aliphatic carbocycles. The van der Waals surface area contributed by atoms with E-state index in [-0.39, 0.29) is 0 Å². The van der Waals surface area contributed by atoms with E-state index in [1.165, 1.54) is 0 Å². The minimum absolute atomic E-state index is 0.400. The Morgan fingerprint density at radius 3 is 2.45 bits per heavy atom. The second-order valence-corrected chi connectivity index (χ2v) is 4.95. The number of aromatic nitrogens is 2. The van der Waals surface area contributed by atoms with Crippen molar-refractivity contribution >= 4 is 17.4 Å². The summed E-state index contributed by atoms with van der Waals surface area (Å²) in [5.74, 6) is 0.613. The van der Waals surface area contributed by atoms with Crippen molar-refractivity contribution in [3.8, 4) is 0 Å². The van der Waals surface area contributed by atoms with Gasteiger partial charge in [-0.1, -0.05) is 35.9 Å². The molecule has 2 rings (SSSR count). The molecule has 1 aromatic carbocycles. The van der Waals surface area contributed by atoms with Crippen molar-refractivity contribution in [2.24, 2.45) is 0 Å². The standard InChI is InChI=1S/C15H18ClN3O/c1-10-11(2)19-15(14(16)18-10)17-8-12-6-4-5-7-13(12)9-20-3/h4-7H,8-9H2,1-3H3,(H,17,19). The van der Waals surface area contributed by atoms with Crippen LogP contribution in [-0.2, 0) is 17.9 Å². The fourth-order valence-corrected chi connectivity index (χ4v) is 2.13. The number of halogens is 1. The second kappa shape index (κ2) is 6.68. The molecular formula is C15H18ClN3O. The van der Waals surface area contributed by atoms with Crippen molar-refractivity contribution in [3.05, 3.63) is 51.9 Å². The van der Waals surface area contributed by atoms with Gasteiger partial charge >= 0.3 is 0 Å². The van der Waals surface area contributed by atoms with Crippen LogP contribution < -0.4 is 5.32 Å². The lowest BCUT2D eigenvalue weighted by Gasteiger charge is -2.12. The summed E-state index contributed by atoms with van der Waals surface area (Å²) in [4.78, 5) is 8.69. The molecule has 106 valence electrons. The summed E-state index contributed by atoms with van der Waals surface area (Å²) in [5.41, 5.74) is 4.03. The minimum Gasteiger partial charge on any atom is -0.380 e. The monoisotopic (exact) mass is 291 g/mol. The maximum atomic E-state index is 6.11. The highest BCUT2D eigenvalue weighted by Gasteiger charge is 2.08. The van der Waals surface area contributed by atoms with Gasteiger partial charge in [0.05, 0.1) is 18.0 Å². The Morgan fingerprint density at radius 2 is 1.75 bits per heavy atom. The molecule has 20 heavy (non-hydrogen) atoms. The summed E-state index contributed by atoms with van der Waals surface area (Å²) < 4.78 is 5.20. The number of ether oxygens (including phenoxy) is 1. The normalized spacial score (nSPS) is 10.6. The zero-order valence-corrected chi connectivity index (χ0v) is 12.7. The molecule has 0 fully saturated rings. The van der Waals surface area contributed by atoms with Gasteiger partial charge in [0, 0.05) is 13.7 Å². The van der Waals surface area contributed by atoms with Crippen LogP contribution >= 0.6 is 11.6 Å². The Balaban J connectivity index is 2.15. The van der Waals surface area contributed by atoms with Gasteiger partial charge in [0.1, 0.15) is 0 Å². The molecule has 1 heterocycles. The van der Waals surface area contributed by atoms with Crippen LogP contribution in [0.5, 0.6) is 0 Å². The van der Waals surface area contributed by atoms with Gasteiger partial charge in [-0.05, 0) is 25.0 Å². The van der Waals surface area contributed by atoms with Crippen molar-refractivity contribution < 1.29 is 4.74 Å². The maximum absolute atomic E-state index is 6.11. The molecule has 0 aliphatic rings. The van der Waals surface area contributed by atoms with Gasteiger partial charge in [0.2, 0.25) is 0 Å². The van der Waals surface area contributed by atoms with Gasteiger partial charge in [-0.3, -0.25) is 0 Å². The van der Waals surface area contributed by atoms with Gasteiger partial charge < -0.3 is 10.1 Å². The lowest BCUT2D eigenvalue weighted by atomic mass is 10.1. The summed E-state index contributed by atoms with van der Waals surface area (Å²) in [6.45, 7) is 5.04. The van der Waals surface area contributed by atoms with E-state index in [0.717, 1.165) is 22.5 Å². The molecule has 2 aromatic rings. The number of hydrogen-bond acceptors (Lipinski definition) is 4. The maximum Gasteiger partial charge on any atom is 0.171 e. The van der Waals surface area contributed by atoms with Crippen LogP contribution in [0, 0.1) is 13.8 Å². The number of aryl methyl sites for hydroxylation is 2. The quantitative estimate of drug-likeness (QED) is 0.916. The molecule has 5 heteroatoms. The molecule has 4 nitrogen and oxygen atoms in total. The van der Waals surface area contributed by atoms with Crippen molar-refractivity contribution in [2.75, 3.05) is 12.4 Å². The molecule has 1 aromatic heterocycles. The van der Waals surface area contributed by atoms with Crippen molar-refractivity contribution in [1.29, 1.82) is 0 Å².